The molecule has 5 nitrogen and oxygen atoms in total. The first-order valence-corrected chi connectivity index (χ1v) is 8.15. The number of hydrogen-bond acceptors (Lipinski definition) is 5. The molecule has 6 heteroatoms. The molecule has 0 N–H and O–H groups in total. The van der Waals surface area contributed by atoms with Crippen LogP contribution in [0.2, 0.25) is 0 Å². The highest BCUT2D eigenvalue weighted by Gasteiger charge is 2.12. The molecule has 4 aromatic rings. The number of rotatable bonds is 3. The molecule has 0 aliphatic rings. The van der Waals surface area contributed by atoms with Gasteiger partial charge in [-0.1, -0.05) is 23.5 Å². The van der Waals surface area contributed by atoms with E-state index in [9.17, 15) is 4.79 Å². The summed E-state index contributed by atoms with van der Waals surface area (Å²) in [6, 6.07) is 13.2. The van der Waals surface area contributed by atoms with Gasteiger partial charge in [-0.2, -0.15) is 0 Å². The lowest BCUT2D eigenvalue weighted by Gasteiger charge is -2.01. The van der Waals surface area contributed by atoms with Crippen LogP contribution in [0.15, 0.2) is 48.7 Å². The van der Waals surface area contributed by atoms with E-state index >= 15 is 0 Å². The standard InChI is InChI=1S/C18H14N2O3S/c1-22-13-7-8-16-15(9-13)20-10-14(19-18(20)24-16)11-3-5-12(6-4-11)17(21)23-2/h3-10H,1-2H3. The summed E-state index contributed by atoms with van der Waals surface area (Å²) in [5, 5.41) is 0. The number of hydrogen-bond donors (Lipinski definition) is 0. The first-order valence-electron chi connectivity index (χ1n) is 7.34. The zero-order chi connectivity index (χ0) is 16.7. The topological polar surface area (TPSA) is 52.8 Å². The highest BCUT2D eigenvalue weighted by atomic mass is 32.1. The highest BCUT2D eigenvalue weighted by Crippen LogP contribution is 2.31. The molecule has 2 aromatic carbocycles. The van der Waals surface area contributed by atoms with E-state index in [1.54, 1.807) is 30.6 Å². The number of nitrogens with zero attached hydrogens (tertiary/aromatic N) is 2. The first-order chi connectivity index (χ1) is 11.7. The third kappa shape index (κ3) is 2.32. The molecule has 2 aromatic heterocycles. The van der Waals surface area contributed by atoms with Crippen LogP contribution in [0.25, 0.3) is 26.4 Å². The predicted octanol–water partition coefficient (Wildman–Crippen LogP) is 4.01. The molecular formula is C18H14N2O3S. The fraction of sp³-hybridized carbons (Fsp3) is 0.111. The van der Waals surface area contributed by atoms with E-state index in [1.165, 1.54) is 7.11 Å². The number of aromatic nitrogens is 2. The van der Waals surface area contributed by atoms with Gasteiger partial charge in [0.05, 0.1) is 35.7 Å². The van der Waals surface area contributed by atoms with E-state index in [2.05, 4.69) is 4.40 Å². The molecule has 0 spiro atoms. The van der Waals surface area contributed by atoms with Crippen LogP contribution in [0.1, 0.15) is 10.4 Å². The normalized spacial score (nSPS) is 11.1. The summed E-state index contributed by atoms with van der Waals surface area (Å²) in [7, 11) is 3.03. The van der Waals surface area contributed by atoms with Crippen LogP contribution in [0.3, 0.4) is 0 Å². The lowest BCUT2D eigenvalue weighted by Crippen LogP contribution is -2.00. The Morgan fingerprint density at radius 3 is 2.62 bits per heavy atom. The summed E-state index contributed by atoms with van der Waals surface area (Å²) < 4.78 is 13.2. The molecule has 24 heavy (non-hydrogen) atoms. The van der Waals surface area contributed by atoms with Crippen LogP contribution in [-0.4, -0.2) is 29.6 Å². The Hall–Kier alpha value is -2.86. The van der Waals surface area contributed by atoms with Crippen LogP contribution in [0.4, 0.5) is 0 Å². The van der Waals surface area contributed by atoms with Crippen molar-refractivity contribution >= 4 is 32.5 Å². The number of esters is 1. The summed E-state index contributed by atoms with van der Waals surface area (Å²) in [6.07, 6.45) is 2.00. The van der Waals surface area contributed by atoms with Gasteiger partial charge in [-0.3, -0.25) is 4.40 Å². The lowest BCUT2D eigenvalue weighted by atomic mass is 10.1. The van der Waals surface area contributed by atoms with Crippen molar-refractivity contribution in [3.63, 3.8) is 0 Å². The second kappa shape index (κ2) is 5.65. The average molecular weight is 338 g/mol. The summed E-state index contributed by atoms with van der Waals surface area (Å²) in [5.41, 5.74) is 3.41. The van der Waals surface area contributed by atoms with Gasteiger partial charge in [0.15, 0.2) is 4.96 Å². The molecule has 0 aliphatic heterocycles. The molecule has 0 atom stereocenters. The van der Waals surface area contributed by atoms with Gasteiger partial charge >= 0.3 is 5.97 Å². The van der Waals surface area contributed by atoms with E-state index in [4.69, 9.17) is 14.5 Å². The van der Waals surface area contributed by atoms with Crippen molar-refractivity contribution < 1.29 is 14.3 Å². The van der Waals surface area contributed by atoms with Crippen molar-refractivity contribution in [2.24, 2.45) is 0 Å². The zero-order valence-corrected chi connectivity index (χ0v) is 14.0. The van der Waals surface area contributed by atoms with E-state index in [0.717, 1.165) is 32.2 Å². The summed E-state index contributed by atoms with van der Waals surface area (Å²) in [4.78, 5) is 17.1. The quantitative estimate of drug-likeness (QED) is 0.530. The molecule has 0 aliphatic carbocycles. The van der Waals surface area contributed by atoms with Gasteiger partial charge < -0.3 is 9.47 Å². The maximum absolute atomic E-state index is 11.5. The number of imidazole rings is 1. The molecule has 120 valence electrons. The molecule has 4 rings (SSSR count). The molecule has 0 saturated carbocycles. The fourth-order valence-corrected chi connectivity index (χ4v) is 3.63. The maximum atomic E-state index is 11.5. The number of thiazole rings is 1. The Bertz CT molecular complexity index is 1050. The monoisotopic (exact) mass is 338 g/mol. The molecule has 0 amide bonds. The number of ether oxygens (including phenoxy) is 2. The number of methoxy groups -OCH3 is 2. The Morgan fingerprint density at radius 1 is 1.12 bits per heavy atom. The van der Waals surface area contributed by atoms with Crippen LogP contribution < -0.4 is 4.74 Å². The molecular weight excluding hydrogens is 324 g/mol. The maximum Gasteiger partial charge on any atom is 0.337 e. The van der Waals surface area contributed by atoms with E-state index in [-0.39, 0.29) is 5.97 Å². The van der Waals surface area contributed by atoms with Crippen molar-refractivity contribution in [1.29, 1.82) is 0 Å². The summed E-state index contributed by atoms with van der Waals surface area (Å²) in [5.74, 6) is 0.477. The van der Waals surface area contributed by atoms with E-state index in [0.29, 0.717) is 5.56 Å². The second-order valence-corrected chi connectivity index (χ2v) is 6.29. The predicted molar refractivity (Wildman–Crippen MR) is 93.9 cm³/mol. The number of benzene rings is 2. The van der Waals surface area contributed by atoms with E-state index < -0.39 is 0 Å². The van der Waals surface area contributed by atoms with Gasteiger partial charge in [0, 0.05) is 17.8 Å². The van der Waals surface area contributed by atoms with Crippen molar-refractivity contribution in [2.45, 2.75) is 0 Å². The minimum Gasteiger partial charge on any atom is -0.497 e. The largest absolute Gasteiger partial charge is 0.497 e. The van der Waals surface area contributed by atoms with Crippen molar-refractivity contribution in [3.05, 3.63) is 54.2 Å². The molecule has 0 bridgehead atoms. The lowest BCUT2D eigenvalue weighted by molar-refractivity contribution is 0.0601. The zero-order valence-electron chi connectivity index (χ0n) is 13.1. The molecule has 0 unspecified atom stereocenters. The highest BCUT2D eigenvalue weighted by molar-refractivity contribution is 7.23. The second-order valence-electron chi connectivity index (χ2n) is 5.28. The summed E-state index contributed by atoms with van der Waals surface area (Å²) >= 11 is 1.63. The van der Waals surface area contributed by atoms with Gasteiger partial charge in [0.2, 0.25) is 0 Å². The minimum atomic E-state index is -0.342. The first kappa shape index (κ1) is 14.7. The number of carbonyl (C=O) groups is 1. The van der Waals surface area contributed by atoms with Crippen LogP contribution in [0.5, 0.6) is 5.75 Å². The average Bonchev–Trinajstić information content (AvgIpc) is 3.18. The Kier molecular flexibility index (Phi) is 3.46. The van der Waals surface area contributed by atoms with Crippen molar-refractivity contribution in [2.75, 3.05) is 14.2 Å². The van der Waals surface area contributed by atoms with Crippen LogP contribution in [-0.2, 0) is 4.74 Å². The molecule has 2 heterocycles. The Balaban J connectivity index is 1.78. The summed E-state index contributed by atoms with van der Waals surface area (Å²) in [6.45, 7) is 0. The van der Waals surface area contributed by atoms with Gasteiger partial charge in [-0.05, 0) is 24.3 Å². The molecule has 0 fully saturated rings. The van der Waals surface area contributed by atoms with Gasteiger partial charge in [0.25, 0.3) is 0 Å². The van der Waals surface area contributed by atoms with Crippen LogP contribution in [0, 0.1) is 0 Å². The van der Waals surface area contributed by atoms with Gasteiger partial charge in [-0.15, -0.1) is 0 Å². The van der Waals surface area contributed by atoms with Crippen molar-refractivity contribution in [1.82, 2.24) is 9.38 Å². The molecule has 0 radical (unpaired) electrons. The smallest absolute Gasteiger partial charge is 0.337 e. The fourth-order valence-electron chi connectivity index (χ4n) is 2.64. The molecule has 0 saturated heterocycles. The Morgan fingerprint density at radius 2 is 1.92 bits per heavy atom. The Labute approximate surface area is 142 Å². The van der Waals surface area contributed by atoms with Gasteiger partial charge in [-0.25, -0.2) is 9.78 Å². The number of fused-ring (bicyclic) bond motifs is 3. The third-order valence-electron chi connectivity index (χ3n) is 3.90. The van der Waals surface area contributed by atoms with Gasteiger partial charge in [0.1, 0.15) is 5.75 Å². The van der Waals surface area contributed by atoms with Crippen LogP contribution >= 0.6 is 11.3 Å². The third-order valence-corrected chi connectivity index (χ3v) is 4.94. The number of carbonyl (C=O) groups excluding carboxylic acids is 1. The van der Waals surface area contributed by atoms with E-state index in [1.807, 2.05) is 36.5 Å². The van der Waals surface area contributed by atoms with Crippen molar-refractivity contribution in [3.8, 4) is 17.0 Å². The minimum absolute atomic E-state index is 0.342. The SMILES string of the molecule is COC(=O)c1ccc(-c2cn3c(n2)sc2ccc(OC)cc23)cc1.